The van der Waals surface area contributed by atoms with Gasteiger partial charge in [0.25, 0.3) is 0 Å². The molecule has 0 bridgehead atoms. The van der Waals surface area contributed by atoms with Gasteiger partial charge in [0.1, 0.15) is 12.1 Å². The quantitative estimate of drug-likeness (QED) is 0.848. The summed E-state index contributed by atoms with van der Waals surface area (Å²) in [4.78, 5) is 14.8. The van der Waals surface area contributed by atoms with Crippen LogP contribution < -0.4 is 5.32 Å². The number of hydrogen-bond acceptors (Lipinski definition) is 3. The maximum atomic E-state index is 12.5. The third-order valence-electron chi connectivity index (χ3n) is 3.27. The highest BCUT2D eigenvalue weighted by molar-refractivity contribution is 5.61. The second-order valence-electron chi connectivity index (χ2n) is 4.95. The monoisotopic (exact) mass is 308 g/mol. The largest absolute Gasteiger partial charge is 0.416 e. The second kappa shape index (κ2) is 6.60. The van der Waals surface area contributed by atoms with E-state index in [1.54, 1.807) is 25.3 Å². The first-order chi connectivity index (χ1) is 10.4. The number of aldehydes is 1. The molecule has 0 radical (unpaired) electrons. The molecular weight excluding hydrogens is 293 g/mol. The second-order valence-corrected chi connectivity index (χ2v) is 4.95. The Hall–Kier alpha value is -2.37. The molecule has 0 aliphatic carbocycles. The van der Waals surface area contributed by atoms with Crippen molar-refractivity contribution in [3.63, 3.8) is 0 Å². The fourth-order valence-electron chi connectivity index (χ4n) is 1.86. The Morgan fingerprint density at radius 3 is 2.36 bits per heavy atom. The first-order valence-electron chi connectivity index (χ1n) is 6.71. The van der Waals surface area contributed by atoms with Gasteiger partial charge in [-0.1, -0.05) is 25.1 Å². The average molecular weight is 308 g/mol. The van der Waals surface area contributed by atoms with E-state index >= 15 is 0 Å². The lowest BCUT2D eigenvalue weighted by Crippen LogP contribution is -2.06. The van der Waals surface area contributed by atoms with E-state index in [-0.39, 0.29) is 5.92 Å². The molecule has 3 nitrogen and oxygen atoms in total. The molecule has 22 heavy (non-hydrogen) atoms. The van der Waals surface area contributed by atoms with Crippen molar-refractivity contribution in [2.75, 3.05) is 5.32 Å². The smallest absolute Gasteiger partial charge is 0.366 e. The van der Waals surface area contributed by atoms with Crippen molar-refractivity contribution in [3.05, 3.63) is 59.3 Å². The minimum atomic E-state index is -4.32. The number of halogens is 3. The molecule has 6 heteroatoms. The molecule has 0 aliphatic rings. The molecule has 116 valence electrons. The summed E-state index contributed by atoms with van der Waals surface area (Å²) in [7, 11) is 0. The van der Waals surface area contributed by atoms with Gasteiger partial charge in [-0.25, -0.2) is 4.98 Å². The highest BCUT2D eigenvalue weighted by Crippen LogP contribution is 2.29. The number of benzene rings is 1. The fraction of sp³-hybridized carbons (Fsp3) is 0.250. The van der Waals surface area contributed by atoms with Gasteiger partial charge in [0, 0.05) is 18.7 Å². The van der Waals surface area contributed by atoms with Crippen molar-refractivity contribution in [1.82, 2.24) is 4.98 Å². The normalized spacial score (nSPS) is 12.7. The van der Waals surface area contributed by atoms with Crippen LogP contribution in [0.1, 0.15) is 29.5 Å². The summed E-state index contributed by atoms with van der Waals surface area (Å²) in [5, 5.41) is 3.02. The molecule has 1 aromatic heterocycles. The number of rotatable bonds is 5. The predicted octanol–water partition coefficient (Wildman–Crippen LogP) is 4.01. The molecule has 2 aromatic rings. The first-order valence-corrected chi connectivity index (χ1v) is 6.71. The van der Waals surface area contributed by atoms with Gasteiger partial charge in [0.2, 0.25) is 0 Å². The minimum absolute atomic E-state index is 0.212. The Bertz CT molecular complexity index is 621. The third-order valence-corrected chi connectivity index (χ3v) is 3.27. The summed E-state index contributed by atoms with van der Waals surface area (Å²) in [6.45, 7) is 2.15. The van der Waals surface area contributed by atoms with Crippen molar-refractivity contribution >= 4 is 12.1 Å². The van der Waals surface area contributed by atoms with Gasteiger partial charge in [-0.05, 0) is 29.3 Å². The van der Waals surface area contributed by atoms with Crippen LogP contribution >= 0.6 is 0 Å². The molecule has 1 heterocycles. The molecule has 0 spiro atoms. The highest BCUT2D eigenvalue weighted by atomic mass is 19.4. The van der Waals surface area contributed by atoms with Gasteiger partial charge in [0.15, 0.2) is 0 Å². The molecule has 0 saturated heterocycles. The molecule has 1 atom stereocenters. The van der Waals surface area contributed by atoms with E-state index in [0.717, 1.165) is 29.5 Å². The Balaban J connectivity index is 1.96. The third kappa shape index (κ3) is 4.07. The molecule has 1 N–H and O–H groups in total. The zero-order valence-corrected chi connectivity index (χ0v) is 11.9. The van der Waals surface area contributed by atoms with Crippen LogP contribution in [0.25, 0.3) is 0 Å². The number of aromatic nitrogens is 1. The maximum absolute atomic E-state index is 12.5. The molecule has 2 rings (SSSR count). The van der Waals surface area contributed by atoms with Crippen LogP contribution in [-0.2, 0) is 17.5 Å². The van der Waals surface area contributed by atoms with E-state index in [4.69, 9.17) is 0 Å². The van der Waals surface area contributed by atoms with Crippen LogP contribution in [0.5, 0.6) is 0 Å². The molecule has 0 aliphatic heterocycles. The summed E-state index contributed by atoms with van der Waals surface area (Å²) >= 11 is 0. The van der Waals surface area contributed by atoms with E-state index in [2.05, 4.69) is 10.3 Å². The lowest BCUT2D eigenvalue weighted by Gasteiger charge is -2.10. The minimum Gasteiger partial charge on any atom is -0.366 e. The van der Waals surface area contributed by atoms with E-state index < -0.39 is 11.7 Å². The van der Waals surface area contributed by atoms with Crippen molar-refractivity contribution in [2.45, 2.75) is 25.6 Å². The fourth-order valence-corrected chi connectivity index (χ4v) is 1.86. The Morgan fingerprint density at radius 2 is 1.86 bits per heavy atom. The summed E-state index contributed by atoms with van der Waals surface area (Å²) < 4.78 is 37.4. The molecule has 1 unspecified atom stereocenters. The number of anilines is 1. The van der Waals surface area contributed by atoms with E-state index in [9.17, 15) is 18.0 Å². The van der Waals surface area contributed by atoms with Crippen LogP contribution in [0.15, 0.2) is 42.6 Å². The number of nitrogens with zero attached hydrogens (tertiary/aromatic N) is 1. The molecule has 1 aromatic carbocycles. The number of alkyl halides is 3. The SMILES string of the molecule is CC(C=O)c1ccc(NCc2ccc(C(F)(F)F)cc2)nc1. The lowest BCUT2D eigenvalue weighted by atomic mass is 10.1. The van der Waals surface area contributed by atoms with Crippen molar-refractivity contribution in [2.24, 2.45) is 0 Å². The van der Waals surface area contributed by atoms with Gasteiger partial charge in [-0.2, -0.15) is 13.2 Å². The number of pyridine rings is 1. The van der Waals surface area contributed by atoms with Crippen LogP contribution in [0.3, 0.4) is 0 Å². The van der Waals surface area contributed by atoms with Crippen molar-refractivity contribution in [1.29, 1.82) is 0 Å². The van der Waals surface area contributed by atoms with Crippen LogP contribution in [0, 0.1) is 0 Å². The van der Waals surface area contributed by atoms with Crippen molar-refractivity contribution < 1.29 is 18.0 Å². The van der Waals surface area contributed by atoms with Crippen LogP contribution in [0.2, 0.25) is 0 Å². The van der Waals surface area contributed by atoms with E-state index in [1.807, 2.05) is 0 Å². The maximum Gasteiger partial charge on any atom is 0.416 e. The van der Waals surface area contributed by atoms with Gasteiger partial charge in [0.05, 0.1) is 5.56 Å². The summed E-state index contributed by atoms with van der Waals surface area (Å²) in [5.41, 5.74) is 0.872. The zero-order chi connectivity index (χ0) is 16.2. The van der Waals surface area contributed by atoms with Gasteiger partial charge >= 0.3 is 6.18 Å². The van der Waals surface area contributed by atoms with Crippen molar-refractivity contribution in [3.8, 4) is 0 Å². The first kappa shape index (κ1) is 16.0. The number of nitrogens with one attached hydrogen (secondary N) is 1. The summed E-state index contributed by atoms with van der Waals surface area (Å²) in [6, 6.07) is 8.50. The lowest BCUT2D eigenvalue weighted by molar-refractivity contribution is -0.137. The molecule has 0 fully saturated rings. The Labute approximate surface area is 126 Å². The Morgan fingerprint density at radius 1 is 1.18 bits per heavy atom. The van der Waals surface area contributed by atoms with E-state index in [0.29, 0.717) is 12.4 Å². The highest BCUT2D eigenvalue weighted by Gasteiger charge is 2.29. The van der Waals surface area contributed by atoms with Crippen LogP contribution in [-0.4, -0.2) is 11.3 Å². The molecule has 0 saturated carbocycles. The Kier molecular flexibility index (Phi) is 4.80. The number of hydrogen-bond donors (Lipinski definition) is 1. The standard InChI is InChI=1S/C16H15F3N2O/c1-11(10-22)13-4-7-15(21-9-13)20-8-12-2-5-14(6-3-12)16(17,18)19/h2-7,9-11H,8H2,1H3,(H,20,21). The van der Waals surface area contributed by atoms with Gasteiger partial charge in [-0.15, -0.1) is 0 Å². The molecular formula is C16H15F3N2O. The number of carbonyl (C=O) groups is 1. The van der Waals surface area contributed by atoms with E-state index in [1.165, 1.54) is 12.1 Å². The zero-order valence-electron chi connectivity index (χ0n) is 11.9. The molecule has 0 amide bonds. The van der Waals surface area contributed by atoms with Gasteiger partial charge < -0.3 is 10.1 Å². The topological polar surface area (TPSA) is 42.0 Å². The summed E-state index contributed by atoms with van der Waals surface area (Å²) in [5.74, 6) is 0.387. The van der Waals surface area contributed by atoms with Crippen LogP contribution in [0.4, 0.5) is 19.0 Å². The number of carbonyl (C=O) groups excluding carboxylic acids is 1. The summed E-state index contributed by atoms with van der Waals surface area (Å²) in [6.07, 6.45) is -1.88. The van der Waals surface area contributed by atoms with Gasteiger partial charge in [-0.3, -0.25) is 0 Å². The predicted molar refractivity (Wildman–Crippen MR) is 77.5 cm³/mol. The average Bonchev–Trinajstić information content (AvgIpc) is 2.52.